The van der Waals surface area contributed by atoms with E-state index in [1.807, 2.05) is 13.8 Å². The number of likely N-dealkylation sites (tertiary alicyclic amines) is 1. The summed E-state index contributed by atoms with van der Waals surface area (Å²) in [6.07, 6.45) is 0.677. The first-order valence-electron chi connectivity index (χ1n) is 7.94. The van der Waals surface area contributed by atoms with Gasteiger partial charge < -0.3 is 19.7 Å². The van der Waals surface area contributed by atoms with Gasteiger partial charge in [0.05, 0.1) is 7.11 Å². The van der Waals surface area contributed by atoms with Crippen LogP contribution >= 0.6 is 0 Å². The lowest BCUT2D eigenvalue weighted by Crippen LogP contribution is -2.54. The molecule has 0 aliphatic carbocycles. The quantitative estimate of drug-likeness (QED) is 0.794. The molecule has 1 saturated heterocycles. The highest BCUT2D eigenvalue weighted by molar-refractivity contribution is 5.90. The van der Waals surface area contributed by atoms with Crippen LogP contribution in [0.2, 0.25) is 0 Å². The highest BCUT2D eigenvalue weighted by atomic mass is 16.6. The van der Waals surface area contributed by atoms with E-state index in [9.17, 15) is 14.4 Å². The first-order chi connectivity index (χ1) is 10.6. The topological polar surface area (TPSA) is 84.9 Å². The second kappa shape index (κ2) is 7.66. The van der Waals surface area contributed by atoms with E-state index in [0.717, 1.165) is 6.42 Å². The minimum absolute atomic E-state index is 0.131. The second-order valence-corrected chi connectivity index (χ2v) is 7.08. The summed E-state index contributed by atoms with van der Waals surface area (Å²) in [5.74, 6) is -0.830. The molecular weight excluding hydrogens is 300 g/mol. The monoisotopic (exact) mass is 328 g/mol. The lowest BCUT2D eigenvalue weighted by Gasteiger charge is -2.30. The molecule has 1 aliphatic rings. The maximum Gasteiger partial charge on any atom is 0.408 e. The van der Waals surface area contributed by atoms with Crippen LogP contribution in [-0.2, 0) is 19.1 Å². The van der Waals surface area contributed by atoms with Gasteiger partial charge in [-0.25, -0.2) is 9.59 Å². The Bertz CT molecular complexity index is 456. The fraction of sp³-hybridized carbons (Fsp3) is 0.812. The molecule has 2 atom stereocenters. The molecule has 0 aromatic heterocycles. The Kier molecular flexibility index (Phi) is 6.41. The van der Waals surface area contributed by atoms with Crippen molar-refractivity contribution in [2.45, 2.75) is 65.1 Å². The summed E-state index contributed by atoms with van der Waals surface area (Å²) >= 11 is 0. The highest BCUT2D eigenvalue weighted by Crippen LogP contribution is 2.21. The van der Waals surface area contributed by atoms with Crippen molar-refractivity contribution in [1.82, 2.24) is 10.2 Å². The predicted molar refractivity (Wildman–Crippen MR) is 84.7 cm³/mol. The summed E-state index contributed by atoms with van der Waals surface area (Å²) in [6, 6.07) is -1.32. The summed E-state index contributed by atoms with van der Waals surface area (Å²) in [5.41, 5.74) is -0.642. The van der Waals surface area contributed by atoms with Crippen molar-refractivity contribution in [3.05, 3.63) is 0 Å². The molecule has 0 aromatic carbocycles. The van der Waals surface area contributed by atoms with E-state index in [2.05, 4.69) is 5.32 Å². The average Bonchev–Trinajstić information content (AvgIpc) is 2.90. The normalized spacial score (nSPS) is 19.4. The van der Waals surface area contributed by atoms with Crippen LogP contribution in [0.15, 0.2) is 0 Å². The SMILES string of the molecule is COC(=O)C1CCCN1C(=O)C(NC(=O)OC(C)(C)C)C(C)C. The van der Waals surface area contributed by atoms with Crippen molar-refractivity contribution in [1.29, 1.82) is 0 Å². The largest absolute Gasteiger partial charge is 0.467 e. The van der Waals surface area contributed by atoms with Crippen molar-refractivity contribution in [3.8, 4) is 0 Å². The molecule has 1 fully saturated rings. The molecule has 23 heavy (non-hydrogen) atoms. The Balaban J connectivity index is 2.82. The molecule has 7 heteroatoms. The van der Waals surface area contributed by atoms with Crippen molar-refractivity contribution in [2.75, 3.05) is 13.7 Å². The van der Waals surface area contributed by atoms with Gasteiger partial charge in [-0.05, 0) is 39.5 Å². The van der Waals surface area contributed by atoms with Crippen LogP contribution in [0.25, 0.3) is 0 Å². The predicted octanol–water partition coefficient (Wildman–Crippen LogP) is 1.70. The summed E-state index contributed by atoms with van der Waals surface area (Å²) in [6.45, 7) is 9.43. The zero-order valence-corrected chi connectivity index (χ0v) is 14.8. The zero-order chi connectivity index (χ0) is 17.8. The molecule has 132 valence electrons. The Morgan fingerprint density at radius 1 is 1.22 bits per heavy atom. The van der Waals surface area contributed by atoms with Gasteiger partial charge in [0, 0.05) is 6.54 Å². The van der Waals surface area contributed by atoms with E-state index >= 15 is 0 Å². The third-order valence-corrected chi connectivity index (χ3v) is 3.61. The average molecular weight is 328 g/mol. The number of nitrogens with one attached hydrogen (secondary N) is 1. The molecule has 2 amide bonds. The van der Waals surface area contributed by atoms with Gasteiger partial charge in [0.25, 0.3) is 0 Å². The van der Waals surface area contributed by atoms with E-state index in [1.165, 1.54) is 12.0 Å². The Morgan fingerprint density at radius 2 is 1.83 bits per heavy atom. The van der Waals surface area contributed by atoms with Gasteiger partial charge in [0.15, 0.2) is 0 Å². The lowest BCUT2D eigenvalue weighted by atomic mass is 10.0. The number of carbonyl (C=O) groups excluding carboxylic acids is 3. The van der Waals surface area contributed by atoms with Crippen LogP contribution in [0.1, 0.15) is 47.5 Å². The van der Waals surface area contributed by atoms with Gasteiger partial charge in [-0.1, -0.05) is 13.8 Å². The summed E-state index contributed by atoms with van der Waals surface area (Å²) in [4.78, 5) is 38.0. The van der Waals surface area contributed by atoms with Crippen LogP contribution in [-0.4, -0.2) is 54.2 Å². The van der Waals surface area contributed by atoms with E-state index in [1.54, 1.807) is 20.8 Å². The molecule has 1 aliphatic heterocycles. The number of alkyl carbamates (subject to hydrolysis) is 1. The standard InChI is InChI=1S/C16H28N2O5/c1-10(2)12(17-15(21)23-16(3,4)5)13(19)18-9-7-8-11(18)14(20)22-6/h10-12H,7-9H2,1-6H3,(H,17,21). The van der Waals surface area contributed by atoms with Crippen molar-refractivity contribution < 1.29 is 23.9 Å². The third-order valence-electron chi connectivity index (χ3n) is 3.61. The number of amides is 2. The molecule has 1 N–H and O–H groups in total. The first-order valence-corrected chi connectivity index (χ1v) is 7.94. The Morgan fingerprint density at radius 3 is 2.30 bits per heavy atom. The van der Waals surface area contributed by atoms with Crippen LogP contribution in [0.4, 0.5) is 4.79 Å². The van der Waals surface area contributed by atoms with Gasteiger partial charge in [0.2, 0.25) is 5.91 Å². The Hall–Kier alpha value is -1.79. The molecule has 1 heterocycles. The zero-order valence-electron chi connectivity index (χ0n) is 14.8. The third kappa shape index (κ3) is 5.41. The minimum Gasteiger partial charge on any atom is -0.467 e. The van der Waals surface area contributed by atoms with Gasteiger partial charge in [-0.3, -0.25) is 4.79 Å². The number of nitrogens with zero attached hydrogens (tertiary/aromatic N) is 1. The van der Waals surface area contributed by atoms with Crippen LogP contribution in [0.3, 0.4) is 0 Å². The van der Waals surface area contributed by atoms with Crippen LogP contribution in [0.5, 0.6) is 0 Å². The van der Waals surface area contributed by atoms with Crippen molar-refractivity contribution in [2.24, 2.45) is 5.92 Å². The molecule has 0 saturated carbocycles. The number of hydrogen-bond donors (Lipinski definition) is 1. The van der Waals surface area contributed by atoms with E-state index < -0.39 is 29.7 Å². The summed E-state index contributed by atoms with van der Waals surface area (Å²) < 4.78 is 9.97. The molecule has 0 bridgehead atoms. The number of methoxy groups -OCH3 is 1. The molecule has 0 radical (unpaired) electrons. The number of carbonyl (C=O) groups is 3. The number of hydrogen-bond acceptors (Lipinski definition) is 5. The number of ether oxygens (including phenoxy) is 2. The fourth-order valence-electron chi connectivity index (χ4n) is 2.54. The molecular formula is C16H28N2O5. The van der Waals surface area contributed by atoms with Gasteiger partial charge >= 0.3 is 12.1 Å². The maximum absolute atomic E-state index is 12.8. The highest BCUT2D eigenvalue weighted by Gasteiger charge is 2.39. The number of rotatable bonds is 4. The fourth-order valence-corrected chi connectivity index (χ4v) is 2.54. The lowest BCUT2D eigenvalue weighted by molar-refractivity contribution is -0.152. The molecule has 2 unspecified atom stereocenters. The molecule has 0 aromatic rings. The van der Waals surface area contributed by atoms with Crippen LogP contribution < -0.4 is 5.32 Å². The maximum atomic E-state index is 12.8. The first kappa shape index (κ1) is 19.3. The van der Waals surface area contributed by atoms with E-state index in [0.29, 0.717) is 13.0 Å². The summed E-state index contributed by atoms with van der Waals surface area (Å²) in [7, 11) is 1.31. The molecule has 0 spiro atoms. The van der Waals surface area contributed by atoms with E-state index in [4.69, 9.17) is 9.47 Å². The molecule has 7 nitrogen and oxygen atoms in total. The van der Waals surface area contributed by atoms with Gasteiger partial charge in [0.1, 0.15) is 17.7 Å². The van der Waals surface area contributed by atoms with Crippen molar-refractivity contribution in [3.63, 3.8) is 0 Å². The second-order valence-electron chi connectivity index (χ2n) is 7.08. The summed E-state index contributed by atoms with van der Waals surface area (Å²) in [5, 5.41) is 2.62. The van der Waals surface area contributed by atoms with Crippen molar-refractivity contribution >= 4 is 18.0 Å². The van der Waals surface area contributed by atoms with Gasteiger partial charge in [-0.2, -0.15) is 0 Å². The van der Waals surface area contributed by atoms with Gasteiger partial charge in [-0.15, -0.1) is 0 Å². The smallest absolute Gasteiger partial charge is 0.408 e. The molecule has 1 rings (SSSR count). The van der Waals surface area contributed by atoms with E-state index in [-0.39, 0.29) is 11.8 Å². The Labute approximate surface area is 137 Å². The minimum atomic E-state index is -0.741. The van der Waals surface area contributed by atoms with Crippen LogP contribution in [0, 0.1) is 5.92 Å². The number of esters is 1.